The minimum Gasteiger partial charge on any atom is -0.360 e. The third kappa shape index (κ3) is 5.46. The first-order valence-corrected chi connectivity index (χ1v) is 11.2. The molecule has 0 radical (unpaired) electrons. The molecule has 160 valence electrons. The predicted molar refractivity (Wildman–Crippen MR) is 128 cm³/mol. The molecule has 0 aliphatic carbocycles. The molecule has 1 amide bonds. The van der Waals surface area contributed by atoms with Crippen LogP contribution >= 0.6 is 11.6 Å². The van der Waals surface area contributed by atoms with E-state index in [0.717, 1.165) is 54.6 Å². The van der Waals surface area contributed by atoms with Gasteiger partial charge in [0.25, 0.3) is 5.91 Å². The first-order chi connectivity index (χ1) is 15.0. The highest BCUT2D eigenvalue weighted by Crippen LogP contribution is 2.19. The summed E-state index contributed by atoms with van der Waals surface area (Å²) in [7, 11) is 0. The third-order valence-corrected chi connectivity index (χ3v) is 6.21. The molecule has 0 spiro atoms. The van der Waals surface area contributed by atoms with E-state index in [9.17, 15) is 4.79 Å². The summed E-state index contributed by atoms with van der Waals surface area (Å²) in [5.41, 5.74) is 6.11. The quantitative estimate of drug-likeness (QED) is 0.634. The van der Waals surface area contributed by atoms with E-state index in [0.29, 0.717) is 5.56 Å². The highest BCUT2D eigenvalue weighted by molar-refractivity contribution is 6.31. The Morgan fingerprint density at radius 3 is 2.26 bits per heavy atom. The van der Waals surface area contributed by atoms with Crippen LogP contribution < -0.4 is 15.1 Å². The number of nitrogens with zero attached hydrogens (tertiary/aromatic N) is 1. The Bertz CT molecular complexity index is 1040. The van der Waals surface area contributed by atoms with Crippen molar-refractivity contribution < 1.29 is 9.69 Å². The van der Waals surface area contributed by atoms with Crippen LogP contribution in [0.15, 0.2) is 66.7 Å². The number of carbonyl (C=O) groups excluding carboxylic acids is 1. The predicted octanol–water partition coefficient (Wildman–Crippen LogP) is 4.11. The molecule has 1 saturated heterocycles. The maximum Gasteiger partial charge on any atom is 0.255 e. The van der Waals surface area contributed by atoms with Crippen molar-refractivity contribution in [3.05, 3.63) is 94.0 Å². The van der Waals surface area contributed by atoms with Crippen molar-refractivity contribution in [3.8, 4) is 0 Å². The molecule has 1 aliphatic heterocycles. The van der Waals surface area contributed by atoms with E-state index in [4.69, 9.17) is 11.6 Å². The van der Waals surface area contributed by atoms with Crippen LogP contribution in [0.5, 0.6) is 0 Å². The number of halogens is 1. The number of quaternary nitrogens is 1. The summed E-state index contributed by atoms with van der Waals surface area (Å²) >= 11 is 6.32. The van der Waals surface area contributed by atoms with Gasteiger partial charge in [-0.05, 0) is 56.3 Å². The molecule has 0 aromatic heterocycles. The molecule has 1 fully saturated rings. The van der Waals surface area contributed by atoms with Crippen LogP contribution in [0.25, 0.3) is 0 Å². The van der Waals surface area contributed by atoms with Crippen molar-refractivity contribution >= 4 is 28.9 Å². The number of benzene rings is 3. The van der Waals surface area contributed by atoms with Crippen LogP contribution in [0.2, 0.25) is 5.02 Å². The van der Waals surface area contributed by atoms with E-state index in [-0.39, 0.29) is 5.91 Å². The lowest BCUT2D eigenvalue weighted by Crippen LogP contribution is -3.13. The van der Waals surface area contributed by atoms with Crippen molar-refractivity contribution in [2.24, 2.45) is 0 Å². The fraction of sp³-hybridized carbons (Fsp3) is 0.269. The molecule has 1 aliphatic rings. The highest BCUT2D eigenvalue weighted by Gasteiger charge is 2.21. The molecule has 4 rings (SSSR count). The Morgan fingerprint density at radius 2 is 1.61 bits per heavy atom. The van der Waals surface area contributed by atoms with E-state index in [1.54, 1.807) is 4.90 Å². The van der Waals surface area contributed by atoms with Crippen molar-refractivity contribution in [2.75, 3.05) is 36.4 Å². The number of hydrogen-bond acceptors (Lipinski definition) is 2. The Hall–Kier alpha value is -2.82. The Morgan fingerprint density at radius 1 is 0.968 bits per heavy atom. The molecule has 2 N–H and O–H groups in total. The minimum atomic E-state index is -0.0728. The monoisotopic (exact) mass is 434 g/mol. The van der Waals surface area contributed by atoms with Crippen molar-refractivity contribution in [1.29, 1.82) is 0 Å². The lowest BCUT2D eigenvalue weighted by molar-refractivity contribution is -0.914. The summed E-state index contributed by atoms with van der Waals surface area (Å²) in [6, 6.07) is 22.2. The molecule has 3 aromatic rings. The van der Waals surface area contributed by atoms with Crippen LogP contribution in [0.1, 0.15) is 27.0 Å². The average molecular weight is 435 g/mol. The summed E-state index contributed by atoms with van der Waals surface area (Å²) in [5, 5.41) is 3.87. The second-order valence-electron chi connectivity index (χ2n) is 8.38. The number of rotatable bonds is 5. The zero-order valence-corrected chi connectivity index (χ0v) is 18.9. The Kier molecular flexibility index (Phi) is 6.59. The van der Waals surface area contributed by atoms with Gasteiger partial charge in [-0.1, -0.05) is 47.0 Å². The summed E-state index contributed by atoms with van der Waals surface area (Å²) in [6.07, 6.45) is 0. The lowest BCUT2D eigenvalue weighted by Gasteiger charge is -2.34. The van der Waals surface area contributed by atoms with Crippen LogP contribution in [-0.4, -0.2) is 32.1 Å². The molecule has 0 unspecified atom stereocenters. The molecule has 1 heterocycles. The van der Waals surface area contributed by atoms with Gasteiger partial charge in [0.2, 0.25) is 0 Å². The van der Waals surface area contributed by atoms with Crippen molar-refractivity contribution in [3.63, 3.8) is 0 Å². The SMILES string of the molecule is Cc1cc(C)cc(C(=O)Nc2ccc(N3CC[NH+](Cc4ccccc4Cl)CC3)cc2)c1. The molecular weight excluding hydrogens is 406 g/mol. The molecule has 3 aromatic carbocycles. The smallest absolute Gasteiger partial charge is 0.255 e. The zero-order valence-electron chi connectivity index (χ0n) is 18.1. The highest BCUT2D eigenvalue weighted by atomic mass is 35.5. The first kappa shape index (κ1) is 21.4. The number of carbonyl (C=O) groups is 1. The van der Waals surface area contributed by atoms with Gasteiger partial charge < -0.3 is 15.1 Å². The molecule has 0 saturated carbocycles. The van der Waals surface area contributed by atoms with E-state index in [2.05, 4.69) is 40.5 Å². The summed E-state index contributed by atoms with van der Waals surface area (Å²) in [4.78, 5) is 16.5. The minimum absolute atomic E-state index is 0.0728. The molecule has 0 bridgehead atoms. The van der Waals surface area contributed by atoms with Crippen LogP contribution in [0.4, 0.5) is 11.4 Å². The molecular formula is C26H29ClN3O+. The molecule has 0 atom stereocenters. The van der Waals surface area contributed by atoms with Gasteiger partial charge in [0, 0.05) is 27.5 Å². The van der Waals surface area contributed by atoms with Crippen LogP contribution in [-0.2, 0) is 6.54 Å². The lowest BCUT2D eigenvalue weighted by atomic mass is 10.1. The maximum atomic E-state index is 12.6. The maximum absolute atomic E-state index is 12.6. The summed E-state index contributed by atoms with van der Waals surface area (Å²) in [6.45, 7) is 9.16. The van der Waals surface area contributed by atoms with Crippen molar-refractivity contribution in [1.82, 2.24) is 0 Å². The number of hydrogen-bond donors (Lipinski definition) is 2. The number of amides is 1. The van der Waals surface area contributed by atoms with E-state index in [1.807, 2.05) is 50.2 Å². The van der Waals surface area contributed by atoms with E-state index < -0.39 is 0 Å². The zero-order chi connectivity index (χ0) is 21.8. The second-order valence-corrected chi connectivity index (χ2v) is 8.79. The van der Waals surface area contributed by atoms with Gasteiger partial charge in [-0.25, -0.2) is 0 Å². The molecule has 5 heteroatoms. The average Bonchev–Trinajstić information content (AvgIpc) is 2.76. The standard InChI is InChI=1S/C26H28ClN3O/c1-19-15-20(2)17-22(16-19)26(31)28-23-7-9-24(10-8-23)30-13-11-29(12-14-30)18-21-5-3-4-6-25(21)27/h3-10,15-17H,11-14,18H2,1-2H3,(H,28,31)/p+1. The van der Waals surface area contributed by atoms with Gasteiger partial charge in [-0.3, -0.25) is 4.79 Å². The van der Waals surface area contributed by atoms with Gasteiger partial charge in [0.15, 0.2) is 0 Å². The van der Waals surface area contributed by atoms with E-state index >= 15 is 0 Å². The summed E-state index contributed by atoms with van der Waals surface area (Å²) in [5.74, 6) is -0.0728. The molecule has 4 nitrogen and oxygen atoms in total. The largest absolute Gasteiger partial charge is 0.360 e. The van der Waals surface area contributed by atoms with E-state index in [1.165, 1.54) is 11.3 Å². The Balaban J connectivity index is 1.32. The van der Waals surface area contributed by atoms with Crippen LogP contribution in [0, 0.1) is 13.8 Å². The number of aryl methyl sites for hydroxylation is 2. The topological polar surface area (TPSA) is 36.8 Å². The number of piperazine rings is 1. The van der Waals surface area contributed by atoms with Gasteiger partial charge in [-0.2, -0.15) is 0 Å². The van der Waals surface area contributed by atoms with Gasteiger partial charge >= 0.3 is 0 Å². The third-order valence-electron chi connectivity index (χ3n) is 5.84. The summed E-state index contributed by atoms with van der Waals surface area (Å²) < 4.78 is 0. The second kappa shape index (κ2) is 9.54. The van der Waals surface area contributed by atoms with Gasteiger partial charge in [-0.15, -0.1) is 0 Å². The molecule has 31 heavy (non-hydrogen) atoms. The van der Waals surface area contributed by atoms with Crippen LogP contribution in [0.3, 0.4) is 0 Å². The van der Waals surface area contributed by atoms with Crippen molar-refractivity contribution in [2.45, 2.75) is 20.4 Å². The number of anilines is 2. The normalized spacial score (nSPS) is 14.5. The Labute approximate surface area is 189 Å². The van der Waals surface area contributed by atoms with Gasteiger partial charge in [0.1, 0.15) is 6.54 Å². The number of nitrogens with one attached hydrogen (secondary N) is 2. The fourth-order valence-electron chi connectivity index (χ4n) is 4.23. The fourth-order valence-corrected chi connectivity index (χ4v) is 4.44. The first-order valence-electron chi connectivity index (χ1n) is 10.8. The van der Waals surface area contributed by atoms with Gasteiger partial charge in [0.05, 0.1) is 26.2 Å².